The van der Waals surface area contributed by atoms with Gasteiger partial charge in [0, 0.05) is 16.6 Å². The molecular weight excluding hydrogens is 385 g/mol. The maximum atomic E-state index is 12.7. The van der Waals surface area contributed by atoms with Gasteiger partial charge in [0.05, 0.1) is 4.90 Å². The van der Waals surface area contributed by atoms with Gasteiger partial charge in [0.1, 0.15) is 4.33 Å². The number of hydrogen-bond donors (Lipinski definition) is 0. The Morgan fingerprint density at radius 2 is 1.71 bits per heavy atom. The first-order chi connectivity index (χ1) is 11.3. The lowest BCUT2D eigenvalue weighted by Gasteiger charge is -2.09. The Hall–Kier alpha value is -0.880. The summed E-state index contributed by atoms with van der Waals surface area (Å²) in [6.45, 7) is 1.91. The number of rotatable bonds is 5. The lowest BCUT2D eigenvalue weighted by atomic mass is 10.2. The van der Waals surface area contributed by atoms with Gasteiger partial charge >= 0.3 is 0 Å². The summed E-state index contributed by atoms with van der Waals surface area (Å²) < 4.78 is 28.8. The summed E-state index contributed by atoms with van der Waals surface area (Å²) in [5.41, 5.74) is 1.00. The molecule has 0 aliphatic heterocycles. The molecule has 0 aromatic heterocycles. The monoisotopic (exact) mass is 401 g/mol. The van der Waals surface area contributed by atoms with Gasteiger partial charge in [-0.1, -0.05) is 46.6 Å². The molecule has 0 amide bonds. The van der Waals surface area contributed by atoms with Crippen molar-refractivity contribution in [2.75, 3.05) is 5.75 Å². The molecule has 24 heavy (non-hydrogen) atoms. The predicted molar refractivity (Wildman–Crippen MR) is 100 cm³/mol. The van der Waals surface area contributed by atoms with Crippen molar-refractivity contribution >= 4 is 43.9 Å². The number of sulfonamides is 1. The van der Waals surface area contributed by atoms with Crippen molar-refractivity contribution < 1.29 is 8.42 Å². The zero-order chi connectivity index (χ0) is 17.4. The molecule has 0 heterocycles. The Morgan fingerprint density at radius 3 is 2.25 bits per heavy atom. The predicted octanol–water partition coefficient (Wildman–Crippen LogP) is 4.74. The quantitative estimate of drug-likeness (QED) is 0.679. The highest BCUT2D eigenvalue weighted by atomic mass is 35.5. The van der Waals surface area contributed by atoms with Crippen molar-refractivity contribution in [3.05, 3.63) is 60.2 Å². The standard InChI is InChI=1S/C17H17Cl2NO2S2/c1-13-7-9-16(10-8-13)24(21,22)20-23(12-14-11-17(14,18)19)15-5-3-2-4-6-15/h2-10,14H,11-12H2,1H3. The third-order valence-corrected chi connectivity index (χ3v) is 8.67. The normalized spacial score (nSPS) is 20.7. The maximum absolute atomic E-state index is 12.7. The third-order valence-electron chi connectivity index (χ3n) is 3.84. The Kier molecular flexibility index (Phi) is 5.07. The molecule has 1 aliphatic carbocycles. The third kappa shape index (κ3) is 4.20. The van der Waals surface area contributed by atoms with E-state index in [1.165, 1.54) is 0 Å². The van der Waals surface area contributed by atoms with E-state index in [0.29, 0.717) is 12.2 Å². The molecule has 0 spiro atoms. The Labute approximate surface area is 155 Å². The smallest absolute Gasteiger partial charge is 0.199 e. The van der Waals surface area contributed by atoms with Crippen LogP contribution in [0.1, 0.15) is 12.0 Å². The maximum Gasteiger partial charge on any atom is 0.288 e. The van der Waals surface area contributed by atoms with E-state index >= 15 is 0 Å². The zero-order valence-electron chi connectivity index (χ0n) is 13.0. The molecular formula is C17H17Cl2NO2S2. The first kappa shape index (κ1) is 17.9. The fourth-order valence-corrected chi connectivity index (χ4v) is 6.78. The van der Waals surface area contributed by atoms with E-state index in [1.807, 2.05) is 37.3 Å². The van der Waals surface area contributed by atoms with Crippen molar-refractivity contribution in [2.45, 2.75) is 27.5 Å². The van der Waals surface area contributed by atoms with Gasteiger partial charge in [-0.2, -0.15) is 8.42 Å². The second kappa shape index (κ2) is 6.79. The summed E-state index contributed by atoms with van der Waals surface area (Å²) >= 11 is 12.2. The number of halogens is 2. The molecule has 0 saturated heterocycles. The first-order valence-electron chi connectivity index (χ1n) is 7.46. The molecule has 3 rings (SSSR count). The fraction of sp³-hybridized carbons (Fsp3) is 0.294. The minimum atomic E-state index is -3.73. The topological polar surface area (TPSA) is 46.5 Å². The zero-order valence-corrected chi connectivity index (χ0v) is 16.2. The Bertz CT molecular complexity index is 863. The molecule has 0 bridgehead atoms. The molecule has 2 unspecified atom stereocenters. The van der Waals surface area contributed by atoms with Crippen molar-refractivity contribution in [1.82, 2.24) is 0 Å². The summed E-state index contributed by atoms with van der Waals surface area (Å²) in [6, 6.07) is 16.2. The largest absolute Gasteiger partial charge is 0.288 e. The lowest BCUT2D eigenvalue weighted by Crippen LogP contribution is -2.08. The average Bonchev–Trinajstić information content (AvgIpc) is 3.14. The van der Waals surface area contributed by atoms with Crippen LogP contribution in [0.3, 0.4) is 0 Å². The molecule has 1 saturated carbocycles. The molecule has 2 aromatic rings. The van der Waals surface area contributed by atoms with Gasteiger partial charge in [-0.25, -0.2) is 0 Å². The molecule has 0 N–H and O–H groups in total. The molecule has 1 fully saturated rings. The van der Waals surface area contributed by atoms with Gasteiger partial charge in [0.25, 0.3) is 10.0 Å². The van der Waals surface area contributed by atoms with Crippen LogP contribution < -0.4 is 0 Å². The van der Waals surface area contributed by atoms with E-state index in [1.54, 1.807) is 24.3 Å². The summed E-state index contributed by atoms with van der Waals surface area (Å²) in [5, 5.41) is 0. The van der Waals surface area contributed by atoms with E-state index < -0.39 is 25.0 Å². The first-order valence-corrected chi connectivity index (χ1v) is 11.0. The van der Waals surface area contributed by atoms with Crippen molar-refractivity contribution in [3.63, 3.8) is 0 Å². The Balaban J connectivity index is 1.98. The highest BCUT2D eigenvalue weighted by Gasteiger charge is 2.51. The minimum absolute atomic E-state index is 0.0707. The fourth-order valence-electron chi connectivity index (χ4n) is 2.26. The van der Waals surface area contributed by atoms with Gasteiger partial charge < -0.3 is 0 Å². The van der Waals surface area contributed by atoms with Gasteiger partial charge in [-0.05, 0) is 37.6 Å². The van der Waals surface area contributed by atoms with Gasteiger partial charge in [-0.15, -0.1) is 27.0 Å². The van der Waals surface area contributed by atoms with Crippen LogP contribution in [-0.2, 0) is 20.7 Å². The SMILES string of the molecule is Cc1ccc(S(=O)(=O)N=S(CC2CC2(Cl)Cl)c2ccccc2)cc1. The molecule has 1 aliphatic rings. The van der Waals surface area contributed by atoms with Crippen LogP contribution in [0.25, 0.3) is 0 Å². The highest BCUT2D eigenvalue weighted by molar-refractivity contribution is 8.00. The number of aryl methyl sites for hydroxylation is 1. The van der Waals surface area contributed by atoms with Crippen LogP contribution in [0.5, 0.6) is 0 Å². The van der Waals surface area contributed by atoms with E-state index in [9.17, 15) is 8.42 Å². The molecule has 2 atom stereocenters. The van der Waals surface area contributed by atoms with Crippen molar-refractivity contribution in [1.29, 1.82) is 0 Å². The summed E-state index contributed by atoms with van der Waals surface area (Å²) in [7, 11) is -4.54. The molecule has 3 nitrogen and oxygen atoms in total. The summed E-state index contributed by atoms with van der Waals surface area (Å²) in [6.07, 6.45) is 0.673. The van der Waals surface area contributed by atoms with E-state index in [4.69, 9.17) is 23.2 Å². The van der Waals surface area contributed by atoms with E-state index in [-0.39, 0.29) is 10.8 Å². The van der Waals surface area contributed by atoms with Crippen LogP contribution in [0.2, 0.25) is 0 Å². The number of nitrogens with zero attached hydrogens (tertiary/aromatic N) is 1. The summed E-state index contributed by atoms with van der Waals surface area (Å²) in [4.78, 5) is 1.09. The second-order valence-corrected chi connectivity index (χ2v) is 11.0. The molecule has 0 radical (unpaired) electrons. The van der Waals surface area contributed by atoms with Crippen LogP contribution >= 0.6 is 23.2 Å². The van der Waals surface area contributed by atoms with Gasteiger partial charge in [-0.3, -0.25) is 0 Å². The lowest BCUT2D eigenvalue weighted by molar-refractivity contribution is 0.598. The average molecular weight is 402 g/mol. The molecule has 128 valence electrons. The van der Waals surface area contributed by atoms with Crippen LogP contribution in [0.15, 0.2) is 68.2 Å². The van der Waals surface area contributed by atoms with Crippen LogP contribution in [0, 0.1) is 12.8 Å². The van der Waals surface area contributed by atoms with Gasteiger partial charge in [0.2, 0.25) is 0 Å². The van der Waals surface area contributed by atoms with Crippen molar-refractivity contribution in [3.8, 4) is 0 Å². The van der Waals surface area contributed by atoms with Crippen LogP contribution in [-0.4, -0.2) is 18.5 Å². The number of hydrogen-bond acceptors (Lipinski definition) is 2. The molecule has 2 aromatic carbocycles. The van der Waals surface area contributed by atoms with E-state index in [2.05, 4.69) is 3.77 Å². The van der Waals surface area contributed by atoms with Crippen molar-refractivity contribution in [2.24, 2.45) is 9.69 Å². The summed E-state index contributed by atoms with van der Waals surface area (Å²) in [5.74, 6) is 0.614. The molecule has 7 heteroatoms. The number of benzene rings is 2. The second-order valence-electron chi connectivity index (χ2n) is 5.87. The number of alkyl halides is 2. The Morgan fingerprint density at radius 1 is 1.12 bits per heavy atom. The van der Waals surface area contributed by atoms with E-state index in [0.717, 1.165) is 10.5 Å². The van der Waals surface area contributed by atoms with Gasteiger partial charge in [0.15, 0.2) is 0 Å². The minimum Gasteiger partial charge on any atom is -0.199 e. The highest BCUT2D eigenvalue weighted by Crippen LogP contribution is 2.53. The van der Waals surface area contributed by atoms with Crippen LogP contribution in [0.4, 0.5) is 0 Å².